The number of carbonyl (C=O) groups excluding carboxylic acids is 1. The first-order chi connectivity index (χ1) is 11.6. The lowest BCUT2D eigenvalue weighted by Gasteiger charge is -2.30. The molecule has 1 amide bonds. The van der Waals surface area contributed by atoms with Crippen LogP contribution in [0.15, 0.2) is 36.5 Å². The predicted octanol–water partition coefficient (Wildman–Crippen LogP) is 2.16. The van der Waals surface area contributed by atoms with Crippen LogP contribution >= 0.6 is 0 Å². The van der Waals surface area contributed by atoms with Gasteiger partial charge in [-0.2, -0.15) is 0 Å². The number of nitrogens with zero attached hydrogens (tertiary/aromatic N) is 3. The molecule has 3 rings (SSSR count). The van der Waals surface area contributed by atoms with Crippen LogP contribution in [-0.4, -0.2) is 60.6 Å². The average Bonchev–Trinajstić information content (AvgIpc) is 2.61. The molecule has 1 atom stereocenters. The minimum Gasteiger partial charge on any atom is -0.379 e. The van der Waals surface area contributed by atoms with Crippen molar-refractivity contribution in [3.8, 4) is 0 Å². The van der Waals surface area contributed by atoms with E-state index in [4.69, 9.17) is 4.74 Å². The number of morpholine rings is 1. The Hall–Kier alpha value is -1.98. The van der Waals surface area contributed by atoms with Gasteiger partial charge < -0.3 is 9.64 Å². The molecule has 128 valence electrons. The third kappa shape index (κ3) is 4.10. The van der Waals surface area contributed by atoms with E-state index in [2.05, 4.69) is 22.0 Å². The van der Waals surface area contributed by atoms with Crippen molar-refractivity contribution in [2.24, 2.45) is 5.92 Å². The second kappa shape index (κ2) is 7.73. The van der Waals surface area contributed by atoms with Gasteiger partial charge in [0.15, 0.2) is 0 Å². The lowest BCUT2D eigenvalue weighted by Crippen LogP contribution is -2.43. The topological polar surface area (TPSA) is 45.7 Å². The quantitative estimate of drug-likeness (QED) is 0.844. The second-order valence-electron chi connectivity index (χ2n) is 6.54. The molecule has 5 heteroatoms. The molecule has 1 fully saturated rings. The molecule has 2 aromatic rings. The molecule has 0 saturated carbocycles. The molecule has 0 bridgehead atoms. The van der Waals surface area contributed by atoms with Crippen LogP contribution in [0.4, 0.5) is 0 Å². The maximum Gasteiger partial charge on any atom is 0.226 e. The summed E-state index contributed by atoms with van der Waals surface area (Å²) in [6, 6.07) is 10.2. The lowest BCUT2D eigenvalue weighted by molar-refractivity contribution is -0.135. The number of benzene rings is 1. The molecular formula is C19H25N3O2. The first-order valence-electron chi connectivity index (χ1n) is 8.52. The SMILES string of the molecule is C[C@@H](CN1CCOCC1)C(=O)N(C)Cc1ccc2ncccc2c1. The van der Waals surface area contributed by atoms with E-state index in [1.165, 1.54) is 0 Å². The number of aromatic nitrogens is 1. The van der Waals surface area contributed by atoms with E-state index < -0.39 is 0 Å². The fourth-order valence-corrected chi connectivity index (χ4v) is 3.20. The van der Waals surface area contributed by atoms with Crippen LogP contribution in [0.5, 0.6) is 0 Å². The van der Waals surface area contributed by atoms with Crippen molar-refractivity contribution in [2.75, 3.05) is 39.9 Å². The molecule has 0 radical (unpaired) electrons. The van der Waals surface area contributed by atoms with Gasteiger partial charge in [0.2, 0.25) is 5.91 Å². The normalized spacial score (nSPS) is 16.9. The molecule has 5 nitrogen and oxygen atoms in total. The van der Waals surface area contributed by atoms with Gasteiger partial charge in [0.05, 0.1) is 18.7 Å². The third-order valence-electron chi connectivity index (χ3n) is 4.52. The lowest BCUT2D eigenvalue weighted by atomic mass is 10.1. The Balaban J connectivity index is 1.59. The number of amides is 1. The van der Waals surface area contributed by atoms with E-state index in [9.17, 15) is 4.79 Å². The van der Waals surface area contributed by atoms with Crippen LogP contribution in [0.3, 0.4) is 0 Å². The number of hydrogen-bond donors (Lipinski definition) is 0. The van der Waals surface area contributed by atoms with Gasteiger partial charge in [-0.25, -0.2) is 0 Å². The first-order valence-corrected chi connectivity index (χ1v) is 8.52. The Morgan fingerprint density at radius 3 is 2.92 bits per heavy atom. The minimum atomic E-state index is -0.00442. The summed E-state index contributed by atoms with van der Waals surface area (Å²) in [7, 11) is 1.88. The van der Waals surface area contributed by atoms with Crippen molar-refractivity contribution < 1.29 is 9.53 Å². The van der Waals surface area contributed by atoms with E-state index in [0.29, 0.717) is 6.54 Å². The van der Waals surface area contributed by atoms with E-state index >= 15 is 0 Å². The maximum absolute atomic E-state index is 12.6. The predicted molar refractivity (Wildman–Crippen MR) is 94.6 cm³/mol. The van der Waals surface area contributed by atoms with E-state index in [0.717, 1.165) is 49.3 Å². The standard InChI is InChI=1S/C19H25N3O2/c1-15(13-22-8-10-24-11-9-22)19(23)21(2)14-16-5-6-18-17(12-16)4-3-7-20-18/h3-7,12,15H,8-11,13-14H2,1-2H3/t15-/m0/s1. The Labute approximate surface area is 143 Å². The van der Waals surface area contributed by atoms with E-state index in [-0.39, 0.29) is 11.8 Å². The Bertz CT molecular complexity index is 698. The van der Waals surface area contributed by atoms with Crippen LogP contribution in [-0.2, 0) is 16.1 Å². The van der Waals surface area contributed by atoms with Crippen molar-refractivity contribution in [2.45, 2.75) is 13.5 Å². The van der Waals surface area contributed by atoms with Gasteiger partial charge in [0.25, 0.3) is 0 Å². The molecule has 1 aliphatic rings. The molecule has 1 aromatic carbocycles. The van der Waals surface area contributed by atoms with Gasteiger partial charge in [-0.05, 0) is 23.8 Å². The average molecular weight is 327 g/mol. The van der Waals surface area contributed by atoms with Gasteiger partial charge in [-0.1, -0.05) is 19.1 Å². The molecule has 0 N–H and O–H groups in total. The first kappa shape index (κ1) is 16.9. The molecule has 24 heavy (non-hydrogen) atoms. The van der Waals surface area contributed by atoms with Crippen molar-refractivity contribution in [1.29, 1.82) is 0 Å². The molecule has 1 aromatic heterocycles. The van der Waals surface area contributed by atoms with Gasteiger partial charge >= 0.3 is 0 Å². The summed E-state index contributed by atoms with van der Waals surface area (Å²) in [5.74, 6) is 0.183. The van der Waals surface area contributed by atoms with E-state index in [1.807, 2.05) is 37.1 Å². The molecule has 1 saturated heterocycles. The maximum atomic E-state index is 12.6. The highest BCUT2D eigenvalue weighted by Crippen LogP contribution is 2.15. The Morgan fingerprint density at radius 1 is 1.33 bits per heavy atom. The Kier molecular flexibility index (Phi) is 5.43. The zero-order valence-corrected chi connectivity index (χ0v) is 14.4. The van der Waals surface area contributed by atoms with Crippen LogP contribution in [0.2, 0.25) is 0 Å². The fourth-order valence-electron chi connectivity index (χ4n) is 3.20. The zero-order chi connectivity index (χ0) is 16.9. The molecule has 1 aliphatic heterocycles. The Morgan fingerprint density at radius 2 is 2.12 bits per heavy atom. The number of fused-ring (bicyclic) bond motifs is 1. The highest BCUT2D eigenvalue weighted by Gasteiger charge is 2.21. The highest BCUT2D eigenvalue weighted by atomic mass is 16.5. The molecular weight excluding hydrogens is 302 g/mol. The summed E-state index contributed by atoms with van der Waals surface area (Å²) < 4.78 is 5.36. The number of ether oxygens (including phenoxy) is 1. The largest absolute Gasteiger partial charge is 0.379 e. The summed E-state index contributed by atoms with van der Waals surface area (Å²) in [4.78, 5) is 21.1. The van der Waals surface area contributed by atoms with E-state index in [1.54, 1.807) is 6.20 Å². The highest BCUT2D eigenvalue weighted by molar-refractivity contribution is 5.80. The summed E-state index contributed by atoms with van der Waals surface area (Å²) in [5, 5.41) is 1.11. The van der Waals surface area contributed by atoms with Crippen molar-refractivity contribution >= 4 is 16.8 Å². The molecule has 0 unspecified atom stereocenters. The van der Waals surface area contributed by atoms with Crippen LogP contribution in [0.25, 0.3) is 10.9 Å². The molecule has 0 spiro atoms. The van der Waals surface area contributed by atoms with Gasteiger partial charge in [-0.3, -0.25) is 14.7 Å². The smallest absolute Gasteiger partial charge is 0.226 e. The van der Waals surface area contributed by atoms with Crippen LogP contribution in [0.1, 0.15) is 12.5 Å². The zero-order valence-electron chi connectivity index (χ0n) is 14.4. The summed E-state index contributed by atoms with van der Waals surface area (Å²) in [6.45, 7) is 6.80. The molecule has 2 heterocycles. The summed E-state index contributed by atoms with van der Waals surface area (Å²) >= 11 is 0. The monoisotopic (exact) mass is 327 g/mol. The number of pyridine rings is 1. The third-order valence-corrected chi connectivity index (χ3v) is 4.52. The van der Waals surface area contributed by atoms with Crippen LogP contribution in [0, 0.1) is 5.92 Å². The minimum absolute atomic E-state index is 0.00442. The van der Waals surface area contributed by atoms with Gasteiger partial charge in [-0.15, -0.1) is 0 Å². The summed E-state index contributed by atoms with van der Waals surface area (Å²) in [6.07, 6.45) is 1.80. The van der Waals surface area contributed by atoms with Crippen LogP contribution < -0.4 is 0 Å². The van der Waals surface area contributed by atoms with Gasteiger partial charge in [0, 0.05) is 50.7 Å². The summed E-state index contributed by atoms with van der Waals surface area (Å²) in [5.41, 5.74) is 2.11. The van der Waals surface area contributed by atoms with Crippen molar-refractivity contribution in [3.05, 3.63) is 42.1 Å². The van der Waals surface area contributed by atoms with Crippen molar-refractivity contribution in [1.82, 2.24) is 14.8 Å². The van der Waals surface area contributed by atoms with Gasteiger partial charge in [0.1, 0.15) is 0 Å². The number of rotatable bonds is 5. The molecule has 0 aliphatic carbocycles. The van der Waals surface area contributed by atoms with Crippen molar-refractivity contribution in [3.63, 3.8) is 0 Å². The number of carbonyl (C=O) groups is 1. The second-order valence-corrected chi connectivity index (χ2v) is 6.54. The number of hydrogen-bond acceptors (Lipinski definition) is 4. The fraction of sp³-hybridized carbons (Fsp3) is 0.474.